The molecular formula is C10H12BrNO3. The zero-order valence-corrected chi connectivity index (χ0v) is 9.78. The molecule has 0 aliphatic rings. The van der Waals surface area contributed by atoms with Gasteiger partial charge in [-0.1, -0.05) is 22.0 Å². The Hall–Kier alpha value is -1.07. The number of hydrogen-bond acceptors (Lipinski definition) is 3. The topological polar surface area (TPSA) is 83.5 Å². The Labute approximate surface area is 95.8 Å². The van der Waals surface area contributed by atoms with Gasteiger partial charge in [-0.05, 0) is 18.6 Å². The molecule has 1 atom stereocenters. The Bertz CT molecular complexity index is 392. The number of carboxylic acids is 1. The van der Waals surface area contributed by atoms with Crippen LogP contribution in [0.4, 0.5) is 0 Å². The molecule has 1 aromatic carbocycles. The molecule has 0 radical (unpaired) electrons. The lowest BCUT2D eigenvalue weighted by Gasteiger charge is -2.12. The number of carboxylic acid groups (broad SMARTS) is 1. The van der Waals surface area contributed by atoms with Crippen LogP contribution < -0.4 is 5.73 Å². The summed E-state index contributed by atoms with van der Waals surface area (Å²) in [5.41, 5.74) is 6.87. The van der Waals surface area contributed by atoms with Crippen molar-refractivity contribution in [1.82, 2.24) is 0 Å². The molecule has 1 aromatic rings. The minimum atomic E-state index is -1.08. The number of rotatable bonds is 3. The maximum absolute atomic E-state index is 10.6. The van der Waals surface area contributed by atoms with Crippen LogP contribution in [0.2, 0.25) is 0 Å². The van der Waals surface area contributed by atoms with Gasteiger partial charge in [0.05, 0.1) is 0 Å². The van der Waals surface area contributed by atoms with Crippen molar-refractivity contribution in [3.8, 4) is 5.75 Å². The summed E-state index contributed by atoms with van der Waals surface area (Å²) in [6, 6.07) is 2.27. The molecular weight excluding hydrogens is 262 g/mol. The van der Waals surface area contributed by atoms with Crippen LogP contribution in [0, 0.1) is 6.92 Å². The second-order valence-electron chi connectivity index (χ2n) is 3.34. The van der Waals surface area contributed by atoms with Gasteiger partial charge in [0.15, 0.2) is 0 Å². The average molecular weight is 274 g/mol. The predicted molar refractivity (Wildman–Crippen MR) is 59.9 cm³/mol. The van der Waals surface area contributed by atoms with E-state index >= 15 is 0 Å². The summed E-state index contributed by atoms with van der Waals surface area (Å²) >= 11 is 3.30. The molecule has 82 valence electrons. The molecule has 0 saturated heterocycles. The normalized spacial score (nSPS) is 12.5. The molecule has 5 heteroatoms. The Balaban J connectivity index is 3.03. The molecule has 0 bridgehead atoms. The van der Waals surface area contributed by atoms with Crippen LogP contribution in [0.1, 0.15) is 11.1 Å². The second-order valence-corrected chi connectivity index (χ2v) is 4.14. The van der Waals surface area contributed by atoms with Gasteiger partial charge in [0, 0.05) is 16.5 Å². The number of carbonyl (C=O) groups is 1. The van der Waals surface area contributed by atoms with E-state index in [0.29, 0.717) is 10.0 Å². The summed E-state index contributed by atoms with van der Waals surface area (Å²) in [6.45, 7) is 1.86. The summed E-state index contributed by atoms with van der Waals surface area (Å²) in [4.78, 5) is 10.6. The molecule has 0 saturated carbocycles. The highest BCUT2D eigenvalue weighted by Crippen LogP contribution is 2.29. The zero-order valence-electron chi connectivity index (χ0n) is 8.20. The van der Waals surface area contributed by atoms with Gasteiger partial charge in [0.25, 0.3) is 0 Å². The molecule has 4 nitrogen and oxygen atoms in total. The fraction of sp³-hybridized carbons (Fsp3) is 0.300. The van der Waals surface area contributed by atoms with Crippen molar-refractivity contribution in [2.75, 3.05) is 0 Å². The Morgan fingerprint density at radius 3 is 2.73 bits per heavy atom. The Kier molecular flexibility index (Phi) is 3.71. The Morgan fingerprint density at radius 1 is 1.60 bits per heavy atom. The van der Waals surface area contributed by atoms with Gasteiger partial charge < -0.3 is 15.9 Å². The van der Waals surface area contributed by atoms with E-state index in [4.69, 9.17) is 10.8 Å². The number of benzene rings is 1. The molecule has 0 spiro atoms. The lowest BCUT2D eigenvalue weighted by Crippen LogP contribution is -2.32. The van der Waals surface area contributed by atoms with Crippen molar-refractivity contribution in [3.63, 3.8) is 0 Å². The lowest BCUT2D eigenvalue weighted by atomic mass is 10.0. The largest absolute Gasteiger partial charge is 0.508 e. The van der Waals surface area contributed by atoms with Gasteiger partial charge >= 0.3 is 5.97 Å². The number of aryl methyl sites for hydroxylation is 1. The Morgan fingerprint density at radius 2 is 2.20 bits per heavy atom. The van der Waals surface area contributed by atoms with E-state index in [-0.39, 0.29) is 12.2 Å². The highest BCUT2D eigenvalue weighted by Gasteiger charge is 2.17. The summed E-state index contributed by atoms with van der Waals surface area (Å²) in [5, 5.41) is 18.2. The fourth-order valence-corrected chi connectivity index (χ4v) is 1.73. The summed E-state index contributed by atoms with van der Waals surface area (Å²) < 4.78 is 0.708. The second kappa shape index (κ2) is 4.63. The van der Waals surface area contributed by atoms with Crippen molar-refractivity contribution >= 4 is 21.9 Å². The third-order valence-electron chi connectivity index (χ3n) is 2.15. The van der Waals surface area contributed by atoms with Gasteiger partial charge in [0.1, 0.15) is 11.8 Å². The van der Waals surface area contributed by atoms with Gasteiger partial charge in [-0.3, -0.25) is 4.79 Å². The van der Waals surface area contributed by atoms with Crippen molar-refractivity contribution in [2.45, 2.75) is 19.4 Å². The van der Waals surface area contributed by atoms with E-state index in [1.807, 2.05) is 6.92 Å². The van der Waals surface area contributed by atoms with Crippen LogP contribution in [0.15, 0.2) is 16.6 Å². The van der Waals surface area contributed by atoms with Crippen LogP contribution in [0.5, 0.6) is 5.75 Å². The first-order valence-electron chi connectivity index (χ1n) is 4.38. The monoisotopic (exact) mass is 273 g/mol. The highest BCUT2D eigenvalue weighted by atomic mass is 79.9. The maximum Gasteiger partial charge on any atom is 0.320 e. The van der Waals surface area contributed by atoms with E-state index < -0.39 is 12.0 Å². The molecule has 0 aliphatic carbocycles. The van der Waals surface area contributed by atoms with Crippen molar-refractivity contribution in [1.29, 1.82) is 0 Å². The van der Waals surface area contributed by atoms with Gasteiger partial charge in [-0.25, -0.2) is 0 Å². The number of hydrogen-bond donors (Lipinski definition) is 3. The molecule has 4 N–H and O–H groups in total. The molecule has 0 aromatic heterocycles. The predicted octanol–water partition coefficient (Wildman–Crippen LogP) is 1.42. The first-order valence-corrected chi connectivity index (χ1v) is 5.18. The number of halogens is 1. The summed E-state index contributed by atoms with van der Waals surface area (Å²) in [7, 11) is 0. The van der Waals surface area contributed by atoms with Crippen molar-refractivity contribution in [3.05, 3.63) is 27.7 Å². The SMILES string of the molecule is Cc1ccc(O)c(CC(N)C(=O)O)c1Br. The molecule has 1 unspecified atom stereocenters. The van der Waals surface area contributed by atoms with Crippen LogP contribution in [-0.2, 0) is 11.2 Å². The average Bonchev–Trinajstić information content (AvgIpc) is 2.18. The number of aliphatic carboxylic acids is 1. The van der Waals surface area contributed by atoms with E-state index in [1.165, 1.54) is 6.07 Å². The number of aromatic hydroxyl groups is 1. The van der Waals surface area contributed by atoms with Crippen molar-refractivity contribution in [2.24, 2.45) is 5.73 Å². The van der Waals surface area contributed by atoms with E-state index in [9.17, 15) is 9.90 Å². The zero-order chi connectivity index (χ0) is 11.6. The first kappa shape index (κ1) is 12.0. The van der Waals surface area contributed by atoms with Crippen LogP contribution in [0.25, 0.3) is 0 Å². The van der Waals surface area contributed by atoms with Gasteiger partial charge in [0.2, 0.25) is 0 Å². The fourth-order valence-electron chi connectivity index (χ4n) is 1.23. The number of nitrogens with two attached hydrogens (primary N) is 1. The van der Waals surface area contributed by atoms with Crippen LogP contribution in [0.3, 0.4) is 0 Å². The van der Waals surface area contributed by atoms with Crippen LogP contribution >= 0.6 is 15.9 Å². The maximum atomic E-state index is 10.6. The molecule has 0 aliphatic heterocycles. The minimum absolute atomic E-state index is 0.0594. The van der Waals surface area contributed by atoms with Gasteiger partial charge in [-0.15, -0.1) is 0 Å². The molecule has 0 amide bonds. The van der Waals surface area contributed by atoms with Crippen molar-refractivity contribution < 1.29 is 15.0 Å². The van der Waals surface area contributed by atoms with Gasteiger partial charge in [-0.2, -0.15) is 0 Å². The molecule has 0 fully saturated rings. The van der Waals surface area contributed by atoms with Crippen LogP contribution in [-0.4, -0.2) is 22.2 Å². The molecule has 0 heterocycles. The smallest absolute Gasteiger partial charge is 0.320 e. The third-order valence-corrected chi connectivity index (χ3v) is 3.26. The lowest BCUT2D eigenvalue weighted by molar-refractivity contribution is -0.138. The quantitative estimate of drug-likeness (QED) is 0.778. The standard InChI is InChI=1S/C10H12BrNO3/c1-5-2-3-8(13)6(9(5)11)4-7(12)10(14)15/h2-3,7,13H,4,12H2,1H3,(H,14,15). The molecule has 15 heavy (non-hydrogen) atoms. The van der Waals surface area contributed by atoms with E-state index in [0.717, 1.165) is 5.56 Å². The first-order chi connectivity index (χ1) is 6.93. The minimum Gasteiger partial charge on any atom is -0.508 e. The third kappa shape index (κ3) is 2.70. The van der Waals surface area contributed by atoms with E-state index in [2.05, 4.69) is 15.9 Å². The summed E-state index contributed by atoms with van der Waals surface area (Å²) in [6.07, 6.45) is 0.101. The summed E-state index contributed by atoms with van der Waals surface area (Å²) in [5.74, 6) is -1.02. The highest BCUT2D eigenvalue weighted by molar-refractivity contribution is 9.10. The number of phenolic OH excluding ortho intramolecular Hbond substituents is 1. The number of phenols is 1. The van der Waals surface area contributed by atoms with E-state index in [1.54, 1.807) is 6.07 Å². The molecule has 1 rings (SSSR count).